The molecule has 0 spiro atoms. The van der Waals surface area contributed by atoms with Crippen molar-refractivity contribution in [3.05, 3.63) is 136 Å². The number of hydrogen-bond donors (Lipinski definition) is 5. The highest BCUT2D eigenvalue weighted by molar-refractivity contribution is 6.04. The first-order chi connectivity index (χ1) is 39.0. The minimum Gasteiger partial charge on any atom is -0.387 e. The maximum Gasteiger partial charge on any atom is 0.287 e. The summed E-state index contributed by atoms with van der Waals surface area (Å²) in [6.45, 7) is 1.06. The zero-order valence-corrected chi connectivity index (χ0v) is 48.3. The van der Waals surface area contributed by atoms with Crippen LogP contribution in [0.2, 0.25) is 0 Å². The maximum absolute atomic E-state index is 13.6. The van der Waals surface area contributed by atoms with Gasteiger partial charge in [-0.1, -0.05) is 0 Å². The van der Waals surface area contributed by atoms with Gasteiger partial charge in [0.15, 0.2) is 34.8 Å². The fraction of sp³-hybridized carbons (Fsp3) is 0.397. The summed E-state index contributed by atoms with van der Waals surface area (Å²) in [7, 11) is 17.7. The second kappa shape index (κ2) is 26.8. The molecule has 434 valence electrons. The number of nitrogens with zero attached hydrogens (tertiary/aromatic N) is 10. The molecule has 7 heterocycles. The van der Waals surface area contributed by atoms with E-state index >= 15 is 0 Å². The largest absolute Gasteiger partial charge is 0.387 e. The van der Waals surface area contributed by atoms with E-state index in [1.807, 2.05) is 27.3 Å². The van der Waals surface area contributed by atoms with Crippen LogP contribution in [0.25, 0.3) is 0 Å². The van der Waals surface area contributed by atoms with Gasteiger partial charge in [-0.3, -0.25) is 43.2 Å². The fourth-order valence-electron chi connectivity index (χ4n) is 9.74. The third-order valence-electron chi connectivity index (χ3n) is 13.9. The van der Waals surface area contributed by atoms with E-state index in [4.69, 9.17) is 0 Å². The van der Waals surface area contributed by atoms with E-state index in [-0.39, 0.29) is 104 Å². The fourth-order valence-corrected chi connectivity index (χ4v) is 9.74. The Kier molecular flexibility index (Phi) is 19.8. The van der Waals surface area contributed by atoms with Crippen LogP contribution in [0.3, 0.4) is 0 Å². The van der Waals surface area contributed by atoms with E-state index in [2.05, 4.69) is 41.5 Å². The van der Waals surface area contributed by atoms with Gasteiger partial charge in [-0.15, -0.1) is 0 Å². The van der Waals surface area contributed by atoms with Crippen molar-refractivity contribution < 1.29 is 43.2 Å². The van der Waals surface area contributed by atoms with Gasteiger partial charge in [0.2, 0.25) is 17.6 Å². The van der Waals surface area contributed by atoms with Gasteiger partial charge in [-0.25, -0.2) is 9.97 Å². The Hall–Kier alpha value is -9.19. The summed E-state index contributed by atoms with van der Waals surface area (Å²) in [4.78, 5) is 129. The molecule has 82 heavy (non-hydrogen) atoms. The Morgan fingerprint density at radius 2 is 0.878 bits per heavy atom. The van der Waals surface area contributed by atoms with Gasteiger partial charge in [0.25, 0.3) is 17.7 Å². The highest BCUT2D eigenvalue weighted by Crippen LogP contribution is 2.21. The summed E-state index contributed by atoms with van der Waals surface area (Å²) in [5, 5.41) is 13.7. The number of nitrogens with one attached hydrogen (secondary N) is 5. The molecule has 7 aromatic rings. The Bertz CT molecular complexity index is 3550. The van der Waals surface area contributed by atoms with Crippen molar-refractivity contribution in [1.29, 1.82) is 0 Å². The number of rotatable bonds is 30. The van der Waals surface area contributed by atoms with Crippen molar-refractivity contribution in [3.63, 3.8) is 0 Å². The van der Waals surface area contributed by atoms with E-state index < -0.39 is 23.6 Å². The molecule has 0 aliphatic heterocycles. The van der Waals surface area contributed by atoms with Gasteiger partial charge in [0.1, 0.15) is 11.5 Å². The molecule has 5 N–H and O–H groups in total. The first kappa shape index (κ1) is 60.5. The minimum absolute atomic E-state index is 0.0242. The number of aromatic nitrogens is 9. The topological polar surface area (TPSA) is 277 Å². The molecule has 0 unspecified atom stereocenters. The molecule has 0 atom stereocenters. The smallest absolute Gasteiger partial charge is 0.287 e. The lowest BCUT2D eigenvalue weighted by Crippen LogP contribution is -2.29. The molecule has 24 nitrogen and oxygen atoms in total. The lowest BCUT2D eigenvalue weighted by molar-refractivity contribution is -0.118. The Balaban J connectivity index is 0.805. The highest BCUT2D eigenvalue weighted by Gasteiger charge is 2.23. The van der Waals surface area contributed by atoms with Crippen molar-refractivity contribution in [1.82, 2.24) is 57.5 Å². The van der Waals surface area contributed by atoms with Crippen molar-refractivity contribution in [2.45, 2.75) is 64.2 Å². The number of imidazole rings is 2. The summed E-state index contributed by atoms with van der Waals surface area (Å²) in [6, 6.07) is 8.59. The van der Waals surface area contributed by atoms with Gasteiger partial charge in [-0.2, -0.15) is 0 Å². The van der Waals surface area contributed by atoms with E-state index in [1.54, 1.807) is 127 Å². The zero-order chi connectivity index (χ0) is 59.5. The maximum atomic E-state index is 13.6. The van der Waals surface area contributed by atoms with Crippen LogP contribution in [0.15, 0.2) is 73.7 Å². The number of ketones is 5. The predicted octanol–water partition coefficient (Wildman–Crippen LogP) is 4.41. The molecule has 0 bridgehead atoms. The molecule has 4 amide bonds. The summed E-state index contributed by atoms with van der Waals surface area (Å²) in [5.41, 5.74) is 5.73. The van der Waals surface area contributed by atoms with E-state index in [1.165, 1.54) is 21.5 Å². The molecule has 0 aliphatic carbocycles. The number of carbonyl (C=O) groups excluding carboxylic acids is 9. The van der Waals surface area contributed by atoms with Crippen molar-refractivity contribution >= 4 is 69.9 Å². The average molecular weight is 1120 g/mol. The van der Waals surface area contributed by atoms with E-state index in [9.17, 15) is 43.2 Å². The Morgan fingerprint density at radius 1 is 0.439 bits per heavy atom. The highest BCUT2D eigenvalue weighted by atomic mass is 16.2. The Morgan fingerprint density at radius 3 is 1.34 bits per heavy atom. The second-order valence-electron chi connectivity index (χ2n) is 21.0. The molecule has 0 radical (unpaired) electrons. The number of Topliss-reactive ketones (excluding diaryl/α,β-unsaturated/α-hetero) is 5. The van der Waals surface area contributed by atoms with Crippen LogP contribution < -0.4 is 26.6 Å². The monoisotopic (exact) mass is 1120 g/mol. The molecule has 7 rings (SSSR count). The lowest BCUT2D eigenvalue weighted by Gasteiger charge is -2.08. The second-order valence-corrected chi connectivity index (χ2v) is 21.0. The SMILES string of the molecule is CNc1cc(C(=O)Nc2cn(C)c(C(=O)NCCC(=O)Nc3cn(C)c(C(=O)NCCCC(=O)Cc4cc(C(=O)Cc5cc(C(=O)Cc6cc(C(=O)Cc7cc(C(=O)CCCCN(C)C)n(C)c7)n(C)c6)n(C)c5)n(C)c4)n3)n2)n(C)c1. The van der Waals surface area contributed by atoms with Crippen LogP contribution in [-0.4, -0.2) is 140 Å². The van der Waals surface area contributed by atoms with Gasteiger partial charge in [-0.05, 0) is 92.5 Å². The van der Waals surface area contributed by atoms with Gasteiger partial charge < -0.3 is 63.5 Å². The predicted molar refractivity (Wildman–Crippen MR) is 308 cm³/mol. The first-order valence-corrected chi connectivity index (χ1v) is 26.9. The minimum atomic E-state index is -0.556. The van der Waals surface area contributed by atoms with E-state index in [0.717, 1.165) is 30.6 Å². The van der Waals surface area contributed by atoms with E-state index in [0.29, 0.717) is 58.0 Å². The number of anilines is 3. The molecule has 7 aromatic heterocycles. The lowest BCUT2D eigenvalue weighted by atomic mass is 10.1. The summed E-state index contributed by atoms with van der Waals surface area (Å²) >= 11 is 0. The van der Waals surface area contributed by atoms with Crippen LogP contribution >= 0.6 is 0 Å². The quantitative estimate of drug-likeness (QED) is 0.0309. The number of carbonyl (C=O) groups is 9. The molecule has 24 heteroatoms. The van der Waals surface area contributed by atoms with Crippen molar-refractivity contribution in [3.8, 4) is 0 Å². The number of unbranched alkanes of at least 4 members (excludes halogenated alkanes) is 1. The average Bonchev–Trinajstić information content (AvgIpc) is 4.30. The normalized spacial score (nSPS) is 11.3. The number of hydrogen-bond acceptors (Lipinski definition) is 13. The van der Waals surface area contributed by atoms with Crippen LogP contribution in [0, 0.1) is 0 Å². The summed E-state index contributed by atoms with van der Waals surface area (Å²) < 4.78 is 11.4. The van der Waals surface area contributed by atoms with Crippen molar-refractivity contribution in [2.24, 2.45) is 49.3 Å². The first-order valence-electron chi connectivity index (χ1n) is 26.9. The van der Waals surface area contributed by atoms with Crippen LogP contribution in [-0.2, 0) is 84.6 Å². The van der Waals surface area contributed by atoms with Gasteiger partial charge in [0, 0.05) is 158 Å². The van der Waals surface area contributed by atoms with Crippen LogP contribution in [0.5, 0.6) is 0 Å². The van der Waals surface area contributed by atoms with Crippen LogP contribution in [0.4, 0.5) is 17.3 Å². The molecule has 0 fully saturated rings. The number of amides is 4. The molecule has 0 aliphatic rings. The third kappa shape index (κ3) is 15.6. The zero-order valence-electron chi connectivity index (χ0n) is 48.3. The van der Waals surface area contributed by atoms with Crippen molar-refractivity contribution in [2.75, 3.05) is 56.7 Å². The molecular formula is C58H73N15O9. The van der Waals surface area contributed by atoms with Gasteiger partial charge in [0.05, 0.1) is 28.5 Å². The summed E-state index contributed by atoms with van der Waals surface area (Å²) in [6.07, 6.45) is 14.6. The standard InChI is InChI=1S/C58H73N15O9/c1-59-40-28-46(71(8)33-40)56(80)65-52-35-73(10)55(64-52)58(82)61-18-16-53(79)62-51-34-72(9)54(63-51)57(81)60-17-13-14-41(74)20-36-21-43(68(5)29-36)48(76)26-38-23-45(70(7)31-38)50(78)27-39-24-44(69(6)32-39)49(77)25-37-22-42(67(4)30-37)47(75)15-11-12-19-66(2)3/h21-24,28-35,59H,11-20,25-27H2,1-10H3,(H,60,81)(H,61,82)(H,62,79)(H,65,80). The Labute approximate surface area is 475 Å². The van der Waals surface area contributed by atoms with Gasteiger partial charge >= 0.3 is 0 Å². The molecular weight excluding hydrogens is 1050 g/mol. The molecule has 0 saturated carbocycles. The molecule has 0 aromatic carbocycles. The molecule has 0 saturated heterocycles. The number of aryl methyl sites for hydroxylation is 7. The third-order valence-corrected chi connectivity index (χ3v) is 13.9. The summed E-state index contributed by atoms with van der Waals surface area (Å²) in [5.74, 6) is -2.11. The van der Waals surface area contributed by atoms with Crippen LogP contribution in [0.1, 0.15) is 134 Å².